The van der Waals surface area contributed by atoms with Crippen molar-refractivity contribution in [3.05, 3.63) is 33.3 Å². The maximum Gasteiger partial charge on any atom is 0.252 e. The minimum Gasteiger partial charge on any atom is -0.349 e. The van der Waals surface area contributed by atoms with Crippen LogP contribution in [0.2, 0.25) is 5.02 Å². The van der Waals surface area contributed by atoms with Crippen LogP contribution in [0.25, 0.3) is 0 Å². The summed E-state index contributed by atoms with van der Waals surface area (Å²) in [5.41, 5.74) is 6.46. The van der Waals surface area contributed by atoms with E-state index in [1.807, 2.05) is 0 Å². The Labute approximate surface area is 132 Å². The van der Waals surface area contributed by atoms with Crippen molar-refractivity contribution in [2.45, 2.75) is 37.8 Å². The molecule has 0 bridgehead atoms. The fourth-order valence-electron chi connectivity index (χ4n) is 2.20. The number of nitrogens with one attached hydrogen (secondary N) is 1. The van der Waals surface area contributed by atoms with Gasteiger partial charge in [-0.15, -0.1) is 12.4 Å². The Morgan fingerprint density at radius 2 is 1.95 bits per heavy atom. The van der Waals surface area contributed by atoms with Crippen molar-refractivity contribution in [1.82, 2.24) is 5.32 Å². The van der Waals surface area contributed by atoms with E-state index in [0.717, 1.165) is 30.2 Å². The highest BCUT2D eigenvalue weighted by atomic mass is 79.9. The van der Waals surface area contributed by atoms with E-state index in [-0.39, 0.29) is 24.4 Å². The zero-order chi connectivity index (χ0) is 13.1. The summed E-state index contributed by atoms with van der Waals surface area (Å²) in [6.07, 6.45) is 3.87. The largest absolute Gasteiger partial charge is 0.349 e. The third-order valence-electron chi connectivity index (χ3n) is 3.28. The zero-order valence-corrected chi connectivity index (χ0v) is 13.5. The Morgan fingerprint density at radius 1 is 1.32 bits per heavy atom. The Bertz CT molecular complexity index is 448. The molecule has 0 radical (unpaired) electrons. The maximum atomic E-state index is 12.1. The van der Waals surface area contributed by atoms with Crippen LogP contribution in [0.5, 0.6) is 0 Å². The van der Waals surface area contributed by atoms with Crippen LogP contribution in [0.4, 0.5) is 0 Å². The number of benzene rings is 1. The van der Waals surface area contributed by atoms with E-state index in [4.69, 9.17) is 17.3 Å². The van der Waals surface area contributed by atoms with Crippen LogP contribution in [0, 0.1) is 0 Å². The molecular weight excluding hydrogens is 351 g/mol. The Morgan fingerprint density at radius 3 is 2.53 bits per heavy atom. The number of rotatable bonds is 2. The number of nitrogens with two attached hydrogens (primary N) is 1. The summed E-state index contributed by atoms with van der Waals surface area (Å²) < 4.78 is 0.722. The highest BCUT2D eigenvalue weighted by molar-refractivity contribution is 9.10. The average molecular weight is 368 g/mol. The number of carbonyl (C=O) groups excluding carboxylic acids is 1. The van der Waals surface area contributed by atoms with Gasteiger partial charge in [0.1, 0.15) is 0 Å². The topological polar surface area (TPSA) is 55.1 Å². The molecule has 1 aromatic rings. The van der Waals surface area contributed by atoms with Gasteiger partial charge in [0, 0.05) is 21.6 Å². The second kappa shape index (κ2) is 7.48. The van der Waals surface area contributed by atoms with Gasteiger partial charge in [-0.05, 0) is 59.8 Å². The summed E-state index contributed by atoms with van der Waals surface area (Å²) in [5.74, 6) is -0.0565. The van der Waals surface area contributed by atoms with E-state index in [0.29, 0.717) is 16.6 Å². The van der Waals surface area contributed by atoms with Crippen molar-refractivity contribution in [3.8, 4) is 0 Å². The van der Waals surface area contributed by atoms with Crippen LogP contribution in [0.3, 0.4) is 0 Å². The third kappa shape index (κ3) is 4.63. The molecule has 0 unspecified atom stereocenters. The van der Waals surface area contributed by atoms with Gasteiger partial charge in [-0.3, -0.25) is 4.79 Å². The average Bonchev–Trinajstić information content (AvgIpc) is 2.32. The molecule has 6 heteroatoms. The Hall–Kier alpha value is -0.290. The second-order valence-corrected chi connectivity index (χ2v) is 6.00. The van der Waals surface area contributed by atoms with E-state index < -0.39 is 0 Å². The number of amides is 1. The number of hydrogen-bond acceptors (Lipinski definition) is 2. The lowest BCUT2D eigenvalue weighted by atomic mass is 9.91. The molecule has 0 atom stereocenters. The first kappa shape index (κ1) is 16.8. The number of halogens is 3. The predicted octanol–water partition coefficient (Wildman–Crippen LogP) is 3.52. The molecule has 1 amide bonds. The van der Waals surface area contributed by atoms with Gasteiger partial charge in [0.15, 0.2) is 0 Å². The highest BCUT2D eigenvalue weighted by Gasteiger charge is 2.21. The number of hydrogen-bond donors (Lipinski definition) is 2. The van der Waals surface area contributed by atoms with E-state index in [9.17, 15) is 4.79 Å². The van der Waals surface area contributed by atoms with Crippen LogP contribution in [0.1, 0.15) is 36.0 Å². The van der Waals surface area contributed by atoms with Crippen molar-refractivity contribution < 1.29 is 4.79 Å². The smallest absolute Gasteiger partial charge is 0.252 e. The molecule has 19 heavy (non-hydrogen) atoms. The Kier molecular flexibility index (Phi) is 6.60. The fraction of sp³-hybridized carbons (Fsp3) is 0.462. The number of carbonyl (C=O) groups is 1. The lowest BCUT2D eigenvalue weighted by Gasteiger charge is -2.26. The van der Waals surface area contributed by atoms with Gasteiger partial charge in [-0.25, -0.2) is 0 Å². The van der Waals surface area contributed by atoms with Crippen molar-refractivity contribution in [3.63, 3.8) is 0 Å². The molecule has 0 saturated heterocycles. The highest BCUT2D eigenvalue weighted by Crippen LogP contribution is 2.23. The lowest BCUT2D eigenvalue weighted by molar-refractivity contribution is 0.0925. The molecule has 106 valence electrons. The SMILES string of the molecule is Cl.NC1CCC(NC(=O)c2ccc(Cl)cc2Br)CC1. The first-order valence-electron chi connectivity index (χ1n) is 6.08. The molecule has 0 heterocycles. The minimum absolute atomic E-state index is 0. The first-order valence-corrected chi connectivity index (χ1v) is 7.25. The van der Waals surface area contributed by atoms with Crippen molar-refractivity contribution in [2.75, 3.05) is 0 Å². The fourth-order valence-corrected chi connectivity index (χ4v) is 3.06. The van der Waals surface area contributed by atoms with Crippen LogP contribution >= 0.6 is 39.9 Å². The second-order valence-electron chi connectivity index (χ2n) is 4.71. The van der Waals surface area contributed by atoms with Crippen LogP contribution in [-0.4, -0.2) is 18.0 Å². The Balaban J connectivity index is 0.00000180. The molecule has 2 rings (SSSR count). The van der Waals surface area contributed by atoms with E-state index >= 15 is 0 Å². The maximum absolute atomic E-state index is 12.1. The first-order chi connectivity index (χ1) is 8.56. The normalized spacial score (nSPS) is 22.5. The van der Waals surface area contributed by atoms with Crippen LogP contribution < -0.4 is 11.1 Å². The summed E-state index contributed by atoms with van der Waals surface area (Å²) in [7, 11) is 0. The summed E-state index contributed by atoms with van der Waals surface area (Å²) in [6, 6.07) is 5.71. The third-order valence-corrected chi connectivity index (χ3v) is 4.17. The molecule has 1 aliphatic carbocycles. The quantitative estimate of drug-likeness (QED) is 0.840. The van der Waals surface area contributed by atoms with E-state index in [2.05, 4.69) is 21.2 Å². The summed E-state index contributed by atoms with van der Waals surface area (Å²) in [4.78, 5) is 12.1. The van der Waals surface area contributed by atoms with Crippen LogP contribution in [-0.2, 0) is 0 Å². The van der Waals surface area contributed by atoms with E-state index in [1.165, 1.54) is 0 Å². The van der Waals surface area contributed by atoms with Crippen molar-refractivity contribution in [2.24, 2.45) is 5.73 Å². The van der Waals surface area contributed by atoms with Crippen LogP contribution in [0.15, 0.2) is 22.7 Å². The van der Waals surface area contributed by atoms with E-state index in [1.54, 1.807) is 18.2 Å². The molecule has 1 aliphatic rings. The van der Waals surface area contributed by atoms with Gasteiger partial charge >= 0.3 is 0 Å². The van der Waals surface area contributed by atoms with Gasteiger partial charge in [0.2, 0.25) is 0 Å². The zero-order valence-electron chi connectivity index (χ0n) is 10.4. The molecule has 1 saturated carbocycles. The van der Waals surface area contributed by atoms with Gasteiger partial charge in [0.05, 0.1) is 5.56 Å². The lowest BCUT2D eigenvalue weighted by Crippen LogP contribution is -2.40. The minimum atomic E-state index is -0.0565. The monoisotopic (exact) mass is 366 g/mol. The molecule has 1 fully saturated rings. The van der Waals surface area contributed by atoms with Crippen molar-refractivity contribution >= 4 is 45.8 Å². The van der Waals surface area contributed by atoms with Gasteiger partial charge < -0.3 is 11.1 Å². The van der Waals surface area contributed by atoms with Gasteiger partial charge in [-0.2, -0.15) is 0 Å². The molecule has 0 aliphatic heterocycles. The summed E-state index contributed by atoms with van der Waals surface area (Å²) in [5, 5.41) is 3.66. The summed E-state index contributed by atoms with van der Waals surface area (Å²) >= 11 is 9.21. The van der Waals surface area contributed by atoms with Gasteiger partial charge in [-0.1, -0.05) is 11.6 Å². The predicted molar refractivity (Wildman–Crippen MR) is 84.1 cm³/mol. The van der Waals surface area contributed by atoms with Gasteiger partial charge in [0.25, 0.3) is 5.91 Å². The molecule has 3 nitrogen and oxygen atoms in total. The molecule has 3 N–H and O–H groups in total. The molecule has 1 aromatic carbocycles. The molecule has 0 aromatic heterocycles. The summed E-state index contributed by atoms with van der Waals surface area (Å²) in [6.45, 7) is 0. The van der Waals surface area contributed by atoms with Crippen molar-refractivity contribution in [1.29, 1.82) is 0 Å². The standard InChI is InChI=1S/C13H16BrClN2O.ClH/c14-12-7-8(15)1-6-11(12)13(18)17-10-4-2-9(16)3-5-10;/h1,6-7,9-10H,2-5,16H2,(H,17,18);1H. The molecule has 0 spiro atoms. The molecular formula is C13H17BrCl2N2O.